The molecule has 2 rings (SSSR count). The van der Waals surface area contributed by atoms with Crippen LogP contribution in [0.5, 0.6) is 0 Å². The highest BCUT2D eigenvalue weighted by atomic mass is 35.5. The summed E-state index contributed by atoms with van der Waals surface area (Å²) in [6.07, 6.45) is 0.981. The van der Waals surface area contributed by atoms with Crippen LogP contribution in [-0.2, 0) is 10.0 Å². The molecule has 8 heteroatoms. The van der Waals surface area contributed by atoms with E-state index >= 15 is 0 Å². The fourth-order valence-electron chi connectivity index (χ4n) is 1.58. The Morgan fingerprint density at radius 1 is 1.29 bits per heavy atom. The van der Waals surface area contributed by atoms with E-state index in [4.69, 9.17) is 16.7 Å². The second-order valence-corrected chi connectivity index (χ2v) is 6.32. The van der Waals surface area contributed by atoms with E-state index in [2.05, 4.69) is 9.71 Å². The Hall–Kier alpha value is -2.12. The van der Waals surface area contributed by atoms with Gasteiger partial charge in [-0.3, -0.25) is 4.72 Å². The maximum absolute atomic E-state index is 12.2. The fourth-order valence-corrected chi connectivity index (χ4v) is 2.80. The minimum atomic E-state index is -3.93. The number of carboxylic acids is 1. The number of aromatic nitrogens is 1. The third-order valence-corrected chi connectivity index (χ3v) is 4.24. The number of rotatable bonds is 4. The highest BCUT2D eigenvalue weighted by molar-refractivity contribution is 7.92. The quantitative estimate of drug-likeness (QED) is 0.900. The van der Waals surface area contributed by atoms with Crippen LogP contribution in [0.1, 0.15) is 15.9 Å². The van der Waals surface area contributed by atoms with Gasteiger partial charge in [0.05, 0.1) is 16.3 Å². The van der Waals surface area contributed by atoms with Gasteiger partial charge in [0.2, 0.25) is 0 Å². The highest BCUT2D eigenvalue weighted by Crippen LogP contribution is 2.25. The van der Waals surface area contributed by atoms with E-state index in [-0.39, 0.29) is 21.3 Å². The molecule has 0 aliphatic rings. The molecule has 2 aromatic rings. The lowest BCUT2D eigenvalue weighted by Crippen LogP contribution is -2.15. The zero-order chi connectivity index (χ0) is 15.6. The number of benzene rings is 1. The van der Waals surface area contributed by atoms with Gasteiger partial charge >= 0.3 is 5.97 Å². The van der Waals surface area contributed by atoms with Crippen LogP contribution in [0.2, 0.25) is 5.02 Å². The summed E-state index contributed by atoms with van der Waals surface area (Å²) in [5.41, 5.74) is 0.981. The van der Waals surface area contributed by atoms with Gasteiger partial charge in [-0.05, 0) is 36.8 Å². The molecule has 2 N–H and O–H groups in total. The molecular weight excluding hydrogens is 316 g/mol. The molecule has 0 radical (unpaired) electrons. The summed E-state index contributed by atoms with van der Waals surface area (Å²) in [5.74, 6) is -1.18. The van der Waals surface area contributed by atoms with Gasteiger partial charge in [0.1, 0.15) is 0 Å². The van der Waals surface area contributed by atoms with Crippen molar-refractivity contribution in [3.05, 3.63) is 52.7 Å². The van der Waals surface area contributed by atoms with E-state index in [9.17, 15) is 13.2 Å². The van der Waals surface area contributed by atoms with Crippen LogP contribution >= 0.6 is 11.6 Å². The molecule has 0 fully saturated rings. The third kappa shape index (κ3) is 3.50. The van der Waals surface area contributed by atoms with Gasteiger partial charge in [0.15, 0.2) is 5.03 Å². The topological polar surface area (TPSA) is 96.4 Å². The Morgan fingerprint density at radius 3 is 2.57 bits per heavy atom. The first kappa shape index (κ1) is 15.3. The number of carboxylic acid groups (broad SMARTS) is 1. The molecule has 1 heterocycles. The van der Waals surface area contributed by atoms with Crippen molar-refractivity contribution in [2.24, 2.45) is 0 Å². The molecule has 110 valence electrons. The first-order valence-corrected chi connectivity index (χ1v) is 7.64. The van der Waals surface area contributed by atoms with Crippen molar-refractivity contribution in [3.8, 4) is 0 Å². The number of hydrogen-bond donors (Lipinski definition) is 2. The van der Waals surface area contributed by atoms with E-state index in [0.29, 0.717) is 0 Å². The SMILES string of the molecule is Cc1ccc(Cl)c(NS(=O)(=O)c2ccc(C(=O)O)cn2)c1. The monoisotopic (exact) mass is 326 g/mol. The zero-order valence-electron chi connectivity index (χ0n) is 10.9. The molecule has 0 aliphatic carbocycles. The Labute approximate surface area is 126 Å². The van der Waals surface area contributed by atoms with E-state index in [0.717, 1.165) is 17.8 Å². The van der Waals surface area contributed by atoms with E-state index < -0.39 is 16.0 Å². The smallest absolute Gasteiger partial charge is 0.337 e. The molecule has 1 aromatic heterocycles. The van der Waals surface area contributed by atoms with Gasteiger partial charge in [0.25, 0.3) is 10.0 Å². The van der Waals surface area contributed by atoms with Crippen LogP contribution in [-0.4, -0.2) is 24.5 Å². The van der Waals surface area contributed by atoms with Crippen molar-refractivity contribution >= 4 is 33.3 Å². The summed E-state index contributed by atoms with van der Waals surface area (Å²) in [6.45, 7) is 1.80. The minimum Gasteiger partial charge on any atom is -0.478 e. The maximum atomic E-state index is 12.2. The Morgan fingerprint density at radius 2 is 2.00 bits per heavy atom. The van der Waals surface area contributed by atoms with Gasteiger partial charge < -0.3 is 5.11 Å². The van der Waals surface area contributed by atoms with Crippen LogP contribution in [0.4, 0.5) is 5.69 Å². The normalized spacial score (nSPS) is 11.1. The molecule has 6 nitrogen and oxygen atoms in total. The van der Waals surface area contributed by atoms with E-state index in [1.165, 1.54) is 6.07 Å². The highest BCUT2D eigenvalue weighted by Gasteiger charge is 2.18. The summed E-state index contributed by atoms with van der Waals surface area (Å²) >= 11 is 5.93. The number of hydrogen-bond acceptors (Lipinski definition) is 4. The standard InChI is InChI=1S/C13H11ClN2O4S/c1-8-2-4-10(14)11(6-8)16-21(19,20)12-5-3-9(7-15-12)13(17)18/h2-7,16H,1H3,(H,17,18). The predicted molar refractivity (Wildman–Crippen MR) is 78.2 cm³/mol. The average molecular weight is 327 g/mol. The summed E-state index contributed by atoms with van der Waals surface area (Å²) < 4.78 is 26.7. The van der Waals surface area contributed by atoms with Gasteiger partial charge in [-0.2, -0.15) is 8.42 Å². The summed E-state index contributed by atoms with van der Waals surface area (Å²) in [7, 11) is -3.93. The summed E-state index contributed by atoms with van der Waals surface area (Å²) in [6, 6.07) is 7.21. The lowest BCUT2D eigenvalue weighted by atomic mass is 10.2. The molecule has 0 aliphatic heterocycles. The maximum Gasteiger partial charge on any atom is 0.337 e. The van der Waals surface area contributed by atoms with E-state index in [1.807, 2.05) is 0 Å². The van der Waals surface area contributed by atoms with Gasteiger partial charge in [-0.1, -0.05) is 17.7 Å². The van der Waals surface area contributed by atoms with Crippen molar-refractivity contribution in [2.75, 3.05) is 4.72 Å². The molecule has 0 spiro atoms. The number of pyridine rings is 1. The van der Waals surface area contributed by atoms with Gasteiger partial charge in [-0.15, -0.1) is 0 Å². The first-order valence-electron chi connectivity index (χ1n) is 5.78. The number of sulfonamides is 1. The number of nitrogens with zero attached hydrogens (tertiary/aromatic N) is 1. The number of anilines is 1. The largest absolute Gasteiger partial charge is 0.478 e. The van der Waals surface area contributed by atoms with Crippen molar-refractivity contribution in [1.29, 1.82) is 0 Å². The molecule has 1 aromatic carbocycles. The molecule has 21 heavy (non-hydrogen) atoms. The van der Waals surface area contributed by atoms with Crippen LogP contribution in [0.15, 0.2) is 41.6 Å². The number of aryl methyl sites for hydroxylation is 1. The molecule has 0 unspecified atom stereocenters. The van der Waals surface area contributed by atoms with Crippen LogP contribution in [0.3, 0.4) is 0 Å². The number of nitrogens with one attached hydrogen (secondary N) is 1. The molecule has 0 bridgehead atoms. The Bertz CT molecular complexity index is 788. The average Bonchev–Trinajstić information content (AvgIpc) is 2.43. The van der Waals surface area contributed by atoms with Crippen molar-refractivity contribution < 1.29 is 18.3 Å². The minimum absolute atomic E-state index is 0.0949. The number of aromatic carboxylic acids is 1. The molecule has 0 saturated carbocycles. The molecular formula is C13H11ClN2O4S. The first-order chi connectivity index (χ1) is 9.79. The number of carbonyl (C=O) groups is 1. The molecule has 0 atom stereocenters. The van der Waals surface area contributed by atoms with Crippen LogP contribution in [0.25, 0.3) is 0 Å². The fraction of sp³-hybridized carbons (Fsp3) is 0.0769. The molecule has 0 amide bonds. The lowest BCUT2D eigenvalue weighted by Gasteiger charge is -2.09. The summed E-state index contributed by atoms with van der Waals surface area (Å²) in [4.78, 5) is 14.4. The predicted octanol–water partition coefficient (Wildman–Crippen LogP) is 2.54. The Balaban J connectivity index is 2.34. The van der Waals surface area contributed by atoms with E-state index in [1.54, 1.807) is 25.1 Å². The van der Waals surface area contributed by atoms with Crippen LogP contribution < -0.4 is 4.72 Å². The second-order valence-electron chi connectivity index (χ2n) is 4.28. The molecule has 0 saturated heterocycles. The second kappa shape index (κ2) is 5.71. The van der Waals surface area contributed by atoms with Gasteiger partial charge in [-0.25, -0.2) is 9.78 Å². The number of halogens is 1. The zero-order valence-corrected chi connectivity index (χ0v) is 12.4. The van der Waals surface area contributed by atoms with Gasteiger partial charge in [0, 0.05) is 6.20 Å². The summed E-state index contributed by atoms with van der Waals surface area (Å²) in [5, 5.41) is 8.73. The van der Waals surface area contributed by atoms with Crippen LogP contribution in [0, 0.1) is 6.92 Å². The van der Waals surface area contributed by atoms with Crippen molar-refractivity contribution in [1.82, 2.24) is 4.98 Å². The lowest BCUT2D eigenvalue weighted by molar-refractivity contribution is 0.0696. The Kier molecular flexibility index (Phi) is 4.15. The van der Waals surface area contributed by atoms with Crippen molar-refractivity contribution in [2.45, 2.75) is 11.9 Å². The third-order valence-electron chi connectivity index (χ3n) is 2.62. The van der Waals surface area contributed by atoms with Crippen molar-refractivity contribution in [3.63, 3.8) is 0 Å².